The van der Waals surface area contributed by atoms with Crippen LogP contribution < -0.4 is 15.5 Å². The molecule has 0 saturated carbocycles. The van der Waals surface area contributed by atoms with Crippen LogP contribution in [0.4, 0.5) is 5.00 Å². The van der Waals surface area contributed by atoms with Crippen LogP contribution in [0.3, 0.4) is 0 Å². The third kappa shape index (κ3) is 6.35. The summed E-state index contributed by atoms with van der Waals surface area (Å²) in [6, 6.07) is 13.1. The smallest absolute Gasteiger partial charge is 0.223 e. The van der Waals surface area contributed by atoms with Gasteiger partial charge in [0.15, 0.2) is 5.96 Å². The minimum absolute atomic E-state index is 0. The van der Waals surface area contributed by atoms with Gasteiger partial charge in [0.1, 0.15) is 0 Å². The Morgan fingerprint density at radius 1 is 1.13 bits per heavy atom. The number of carbonyl (C=O) groups excluding carboxylic acids is 1. The quantitative estimate of drug-likeness (QED) is 0.247. The van der Waals surface area contributed by atoms with Gasteiger partial charge < -0.3 is 20.4 Å². The van der Waals surface area contributed by atoms with Crippen LogP contribution in [0.25, 0.3) is 0 Å². The highest BCUT2D eigenvalue weighted by Gasteiger charge is 2.23. The minimum Gasteiger partial charge on any atom is -0.363 e. The van der Waals surface area contributed by atoms with Crippen molar-refractivity contribution in [1.29, 1.82) is 0 Å². The Labute approximate surface area is 206 Å². The van der Waals surface area contributed by atoms with E-state index in [1.807, 2.05) is 35.4 Å². The van der Waals surface area contributed by atoms with Crippen molar-refractivity contribution in [3.8, 4) is 0 Å². The number of hydrogen-bond acceptors (Lipinski definition) is 4. The van der Waals surface area contributed by atoms with E-state index in [0.29, 0.717) is 12.5 Å². The zero-order chi connectivity index (χ0) is 20.8. The number of rotatable bonds is 6. The Kier molecular flexibility index (Phi) is 9.01. The number of aliphatic imine (C=N–C) groups is 1. The van der Waals surface area contributed by atoms with Gasteiger partial charge in [-0.25, -0.2) is 0 Å². The number of thiophene rings is 1. The number of nitrogens with zero attached hydrogens (tertiary/aromatic N) is 3. The van der Waals surface area contributed by atoms with Crippen molar-refractivity contribution in [2.24, 2.45) is 4.99 Å². The molecule has 168 valence electrons. The van der Waals surface area contributed by atoms with Crippen LogP contribution in [0, 0.1) is 0 Å². The zero-order valence-corrected chi connectivity index (χ0v) is 21.2. The number of guanidine groups is 1. The Morgan fingerprint density at radius 2 is 1.84 bits per heavy atom. The van der Waals surface area contributed by atoms with E-state index in [9.17, 15) is 4.79 Å². The summed E-state index contributed by atoms with van der Waals surface area (Å²) in [5.41, 5.74) is 2.55. The maximum Gasteiger partial charge on any atom is 0.223 e. The average molecular weight is 554 g/mol. The van der Waals surface area contributed by atoms with E-state index in [1.165, 1.54) is 16.1 Å². The molecule has 1 aromatic carbocycles. The van der Waals surface area contributed by atoms with Crippen molar-refractivity contribution >= 4 is 52.2 Å². The molecule has 0 bridgehead atoms. The maximum absolute atomic E-state index is 12.5. The molecular formula is C23H32IN5OS. The summed E-state index contributed by atoms with van der Waals surface area (Å²) in [6.45, 7) is 4.38. The molecule has 2 aliphatic rings. The molecule has 0 spiro atoms. The van der Waals surface area contributed by atoms with Gasteiger partial charge in [0.25, 0.3) is 0 Å². The average Bonchev–Trinajstić information content (AvgIpc) is 3.46. The van der Waals surface area contributed by atoms with Gasteiger partial charge in [0, 0.05) is 52.2 Å². The van der Waals surface area contributed by atoms with Gasteiger partial charge in [-0.3, -0.25) is 9.79 Å². The molecule has 6 nitrogen and oxygen atoms in total. The van der Waals surface area contributed by atoms with Crippen molar-refractivity contribution in [1.82, 2.24) is 15.5 Å². The third-order valence-corrected chi connectivity index (χ3v) is 6.86. The molecule has 8 heteroatoms. The number of fused-ring (bicyclic) bond motifs is 1. The van der Waals surface area contributed by atoms with E-state index < -0.39 is 0 Å². The van der Waals surface area contributed by atoms with E-state index in [2.05, 4.69) is 50.2 Å². The molecule has 4 rings (SSSR count). The van der Waals surface area contributed by atoms with Crippen LogP contribution in [-0.4, -0.2) is 49.5 Å². The van der Waals surface area contributed by atoms with Gasteiger partial charge >= 0.3 is 0 Å². The first-order chi connectivity index (χ1) is 14.7. The van der Waals surface area contributed by atoms with Gasteiger partial charge in [-0.2, -0.15) is 0 Å². The maximum atomic E-state index is 12.5. The lowest BCUT2D eigenvalue weighted by molar-refractivity contribution is -0.131. The Bertz CT molecular complexity index is 840. The first kappa shape index (κ1) is 23.8. The number of hydrogen-bond donors (Lipinski definition) is 2. The van der Waals surface area contributed by atoms with Crippen LogP contribution in [0.15, 0.2) is 46.8 Å². The molecule has 0 radical (unpaired) electrons. The molecule has 2 N–H and O–H groups in total. The predicted octanol–water partition coefficient (Wildman–Crippen LogP) is 3.82. The van der Waals surface area contributed by atoms with Crippen LogP contribution in [0.5, 0.6) is 0 Å². The van der Waals surface area contributed by atoms with Crippen molar-refractivity contribution in [3.63, 3.8) is 0 Å². The molecule has 2 aliphatic heterocycles. The van der Waals surface area contributed by atoms with Crippen LogP contribution in [-0.2, 0) is 17.9 Å². The van der Waals surface area contributed by atoms with Crippen molar-refractivity contribution < 1.29 is 4.79 Å². The molecule has 3 heterocycles. The largest absolute Gasteiger partial charge is 0.363 e. The van der Waals surface area contributed by atoms with Crippen molar-refractivity contribution in [3.05, 3.63) is 52.9 Å². The number of carbonyl (C=O) groups is 1. The fraction of sp³-hybridized carbons (Fsp3) is 0.478. The molecule has 1 saturated heterocycles. The zero-order valence-electron chi connectivity index (χ0n) is 18.0. The fourth-order valence-corrected chi connectivity index (χ4v) is 4.98. The molecule has 1 amide bonds. The van der Waals surface area contributed by atoms with Gasteiger partial charge in [-0.1, -0.05) is 24.3 Å². The lowest BCUT2D eigenvalue weighted by atomic mass is 10.1. The molecule has 0 atom stereocenters. The molecule has 0 aliphatic carbocycles. The summed E-state index contributed by atoms with van der Waals surface area (Å²) in [5.74, 6) is 1.07. The summed E-state index contributed by atoms with van der Waals surface area (Å²) in [5, 5.41) is 10.4. The molecule has 0 unspecified atom stereocenters. The fourth-order valence-electron chi connectivity index (χ4n) is 4.20. The van der Waals surface area contributed by atoms with E-state index in [0.717, 1.165) is 57.9 Å². The van der Waals surface area contributed by atoms with Crippen LogP contribution in [0.2, 0.25) is 0 Å². The first-order valence-corrected chi connectivity index (χ1v) is 11.7. The highest BCUT2D eigenvalue weighted by Crippen LogP contribution is 2.25. The van der Waals surface area contributed by atoms with E-state index >= 15 is 0 Å². The lowest BCUT2D eigenvalue weighted by Crippen LogP contribution is -2.48. The van der Waals surface area contributed by atoms with E-state index in [-0.39, 0.29) is 29.9 Å². The van der Waals surface area contributed by atoms with Crippen LogP contribution in [0.1, 0.15) is 36.8 Å². The van der Waals surface area contributed by atoms with Crippen molar-refractivity contribution in [2.45, 2.75) is 44.8 Å². The second-order valence-electron chi connectivity index (χ2n) is 7.98. The third-order valence-electron chi connectivity index (χ3n) is 5.93. The van der Waals surface area contributed by atoms with E-state index in [1.54, 1.807) is 0 Å². The van der Waals surface area contributed by atoms with Gasteiger partial charge in [-0.05, 0) is 47.9 Å². The molecule has 1 fully saturated rings. The number of halogens is 1. The Hall–Kier alpha value is -1.81. The number of anilines is 1. The SMILES string of the molecule is CN=C(NCCCC(=O)N1Cc2ccccc2C1)NC1CCN(c2cccs2)CC1.I. The van der Waals surface area contributed by atoms with Gasteiger partial charge in [0.2, 0.25) is 5.91 Å². The standard InChI is InChI=1S/C23H31N5OS.HI/c1-24-23(26-20-10-13-27(14-11-20)22-9-5-15-30-22)25-12-4-8-21(29)28-16-18-6-2-3-7-19(18)17-28;/h2-3,5-7,9,15,20H,4,8,10-14,16-17H2,1H3,(H2,24,25,26);1H. The van der Waals surface area contributed by atoms with Crippen LogP contribution >= 0.6 is 35.3 Å². The Balaban J connectivity index is 0.00000272. The normalized spacial score (nSPS) is 16.6. The monoisotopic (exact) mass is 553 g/mol. The predicted molar refractivity (Wildman–Crippen MR) is 139 cm³/mol. The molecule has 1 aromatic heterocycles. The number of benzene rings is 1. The van der Waals surface area contributed by atoms with Crippen molar-refractivity contribution in [2.75, 3.05) is 31.6 Å². The summed E-state index contributed by atoms with van der Waals surface area (Å²) < 4.78 is 0. The Morgan fingerprint density at radius 3 is 2.45 bits per heavy atom. The lowest BCUT2D eigenvalue weighted by Gasteiger charge is -2.33. The highest BCUT2D eigenvalue weighted by molar-refractivity contribution is 14.0. The topological polar surface area (TPSA) is 60.0 Å². The second-order valence-corrected chi connectivity index (χ2v) is 8.90. The van der Waals surface area contributed by atoms with Gasteiger partial charge in [0.05, 0.1) is 5.00 Å². The molecule has 2 aromatic rings. The summed E-state index contributed by atoms with van der Waals surface area (Å²) >= 11 is 1.81. The van der Waals surface area contributed by atoms with E-state index in [4.69, 9.17) is 0 Å². The summed E-state index contributed by atoms with van der Waals surface area (Å²) in [7, 11) is 1.81. The minimum atomic E-state index is 0. The first-order valence-electron chi connectivity index (χ1n) is 10.8. The second kappa shape index (κ2) is 11.7. The highest BCUT2D eigenvalue weighted by atomic mass is 127. The molecule has 31 heavy (non-hydrogen) atoms. The summed E-state index contributed by atoms with van der Waals surface area (Å²) in [6.07, 6.45) is 3.58. The summed E-state index contributed by atoms with van der Waals surface area (Å²) in [4.78, 5) is 21.3. The number of piperidine rings is 1. The number of nitrogens with one attached hydrogen (secondary N) is 2. The number of amides is 1. The molecular weight excluding hydrogens is 521 g/mol. The van der Waals surface area contributed by atoms with Gasteiger partial charge in [-0.15, -0.1) is 35.3 Å².